The van der Waals surface area contributed by atoms with Crippen LogP contribution in [0, 0.1) is 0 Å². The minimum Gasteiger partial charge on any atom is -0.374 e. The average Bonchev–Trinajstić information content (AvgIpc) is 2.55. The molecule has 142 valence electrons. The normalized spacial score (nSPS) is 13.4. The Hall–Kier alpha value is -1.16. The third-order valence-electron chi connectivity index (χ3n) is 3.70. The number of allylic oxidation sites excluding steroid dienone is 1. The Morgan fingerprint density at radius 3 is 2.12 bits per heavy atom. The molecule has 25 heavy (non-hydrogen) atoms. The van der Waals surface area contributed by atoms with Crippen LogP contribution in [-0.4, -0.2) is 24.6 Å². The molecule has 0 saturated carbocycles. The number of unbranched alkanes of at least 4 members (excludes halogenated alkanes) is 1. The molecule has 3 nitrogen and oxygen atoms in total. The van der Waals surface area contributed by atoms with E-state index in [0.29, 0.717) is 6.61 Å². The van der Waals surface area contributed by atoms with Crippen molar-refractivity contribution in [3.63, 3.8) is 0 Å². The monoisotopic (exact) mass is 348 g/mol. The van der Waals surface area contributed by atoms with Crippen LogP contribution in [0.4, 0.5) is 0 Å². The summed E-state index contributed by atoms with van der Waals surface area (Å²) in [5, 5.41) is 0. The summed E-state index contributed by atoms with van der Waals surface area (Å²) in [4.78, 5) is 0. The number of ether oxygens (including phenoxy) is 3. The van der Waals surface area contributed by atoms with Crippen molar-refractivity contribution in [3.05, 3.63) is 48.0 Å². The highest BCUT2D eigenvalue weighted by atomic mass is 16.7. The topological polar surface area (TPSA) is 27.7 Å². The first kappa shape index (κ1) is 21.9. The van der Waals surface area contributed by atoms with Crippen LogP contribution >= 0.6 is 0 Å². The van der Waals surface area contributed by atoms with Gasteiger partial charge in [-0.05, 0) is 59.4 Å². The smallest absolute Gasteiger partial charge is 0.161 e. The van der Waals surface area contributed by atoms with E-state index in [1.165, 1.54) is 5.56 Å². The molecule has 0 radical (unpaired) electrons. The standard InChI is InChI=1S/C22H36O3/c1-18(2)24-22(25-19(3)4)16-12-7-6-9-13-20(5)23-17-21-14-10-8-11-15-21/h7-8,10-12,14-15,18-20,22H,6,9,13,16-17H2,1-5H3. The predicted octanol–water partition coefficient (Wildman–Crippen LogP) is 5.88. The number of rotatable bonds is 13. The lowest BCUT2D eigenvalue weighted by atomic mass is 10.1. The number of hydrogen-bond donors (Lipinski definition) is 0. The Labute approximate surface area is 154 Å². The Morgan fingerprint density at radius 2 is 1.52 bits per heavy atom. The van der Waals surface area contributed by atoms with Gasteiger partial charge in [0, 0.05) is 6.42 Å². The molecule has 3 heteroatoms. The molecule has 0 spiro atoms. The van der Waals surface area contributed by atoms with Gasteiger partial charge in [0.1, 0.15) is 0 Å². The molecule has 0 N–H and O–H groups in total. The van der Waals surface area contributed by atoms with Crippen LogP contribution in [0.15, 0.2) is 42.5 Å². The fourth-order valence-electron chi connectivity index (χ4n) is 2.49. The summed E-state index contributed by atoms with van der Waals surface area (Å²) in [7, 11) is 0. The van der Waals surface area contributed by atoms with Crippen molar-refractivity contribution >= 4 is 0 Å². The maximum absolute atomic E-state index is 5.90. The minimum atomic E-state index is -0.149. The van der Waals surface area contributed by atoms with E-state index in [2.05, 4.69) is 31.2 Å². The first-order valence-corrected chi connectivity index (χ1v) is 9.58. The van der Waals surface area contributed by atoms with Gasteiger partial charge in [0.25, 0.3) is 0 Å². The molecule has 1 aromatic rings. The molecule has 0 aliphatic heterocycles. The average molecular weight is 349 g/mol. The fraction of sp³-hybridized carbons (Fsp3) is 0.636. The van der Waals surface area contributed by atoms with E-state index in [0.717, 1.165) is 25.7 Å². The van der Waals surface area contributed by atoms with Crippen molar-refractivity contribution in [3.8, 4) is 0 Å². The van der Waals surface area contributed by atoms with Gasteiger partial charge in [0.2, 0.25) is 0 Å². The summed E-state index contributed by atoms with van der Waals surface area (Å²) in [6.45, 7) is 11.0. The van der Waals surface area contributed by atoms with Crippen molar-refractivity contribution in [2.24, 2.45) is 0 Å². The van der Waals surface area contributed by atoms with Crippen LogP contribution in [-0.2, 0) is 20.8 Å². The van der Waals surface area contributed by atoms with Gasteiger partial charge < -0.3 is 14.2 Å². The lowest BCUT2D eigenvalue weighted by Crippen LogP contribution is -2.23. The zero-order valence-corrected chi connectivity index (χ0v) is 16.6. The van der Waals surface area contributed by atoms with E-state index in [1.54, 1.807) is 0 Å². The van der Waals surface area contributed by atoms with E-state index in [-0.39, 0.29) is 24.6 Å². The highest BCUT2D eigenvalue weighted by Crippen LogP contribution is 2.11. The third-order valence-corrected chi connectivity index (χ3v) is 3.70. The second-order valence-electron chi connectivity index (χ2n) is 7.04. The first-order valence-electron chi connectivity index (χ1n) is 9.58. The second kappa shape index (κ2) is 13.1. The summed E-state index contributed by atoms with van der Waals surface area (Å²) in [6, 6.07) is 10.3. The molecule has 0 aliphatic carbocycles. The van der Waals surface area contributed by atoms with Crippen LogP contribution in [0.5, 0.6) is 0 Å². The zero-order chi connectivity index (χ0) is 18.5. The highest BCUT2D eigenvalue weighted by Gasteiger charge is 2.11. The van der Waals surface area contributed by atoms with Crippen molar-refractivity contribution < 1.29 is 14.2 Å². The minimum absolute atomic E-state index is 0.149. The van der Waals surface area contributed by atoms with E-state index >= 15 is 0 Å². The van der Waals surface area contributed by atoms with Gasteiger partial charge in [0.15, 0.2) is 6.29 Å². The molecule has 0 bridgehead atoms. The van der Waals surface area contributed by atoms with Crippen molar-refractivity contribution in [1.82, 2.24) is 0 Å². The van der Waals surface area contributed by atoms with Crippen molar-refractivity contribution in [2.45, 2.75) is 91.5 Å². The van der Waals surface area contributed by atoms with Crippen LogP contribution in [0.25, 0.3) is 0 Å². The van der Waals surface area contributed by atoms with E-state index in [4.69, 9.17) is 14.2 Å². The van der Waals surface area contributed by atoms with E-state index in [1.807, 2.05) is 45.9 Å². The Bertz CT molecular complexity index is 444. The maximum Gasteiger partial charge on any atom is 0.161 e. The third kappa shape index (κ3) is 11.9. The van der Waals surface area contributed by atoms with Crippen molar-refractivity contribution in [2.75, 3.05) is 0 Å². The zero-order valence-electron chi connectivity index (χ0n) is 16.6. The van der Waals surface area contributed by atoms with Crippen LogP contribution in [0.3, 0.4) is 0 Å². The summed E-state index contributed by atoms with van der Waals surface area (Å²) < 4.78 is 17.5. The lowest BCUT2D eigenvalue weighted by Gasteiger charge is -2.21. The summed E-state index contributed by atoms with van der Waals surface area (Å²) in [5.74, 6) is 0. The van der Waals surface area contributed by atoms with Gasteiger partial charge >= 0.3 is 0 Å². The number of benzene rings is 1. The van der Waals surface area contributed by atoms with Crippen molar-refractivity contribution in [1.29, 1.82) is 0 Å². The molecular weight excluding hydrogens is 312 g/mol. The lowest BCUT2D eigenvalue weighted by molar-refractivity contribution is -0.178. The number of hydrogen-bond acceptors (Lipinski definition) is 3. The summed E-state index contributed by atoms with van der Waals surface area (Å²) in [5.41, 5.74) is 1.23. The molecular formula is C22H36O3. The SMILES string of the molecule is CC(C)OC(CC=CCCCC(C)OCc1ccccc1)OC(C)C. The van der Waals surface area contributed by atoms with E-state index < -0.39 is 0 Å². The highest BCUT2D eigenvalue weighted by molar-refractivity contribution is 5.13. The Kier molecular flexibility index (Phi) is 11.5. The van der Waals surface area contributed by atoms with Gasteiger partial charge in [0.05, 0.1) is 24.9 Å². The van der Waals surface area contributed by atoms with Gasteiger partial charge in [-0.3, -0.25) is 0 Å². The van der Waals surface area contributed by atoms with Crippen LogP contribution in [0.1, 0.15) is 65.9 Å². The van der Waals surface area contributed by atoms with Gasteiger partial charge in [-0.25, -0.2) is 0 Å². The molecule has 1 unspecified atom stereocenters. The molecule has 0 fully saturated rings. The molecule has 1 atom stereocenters. The molecule has 0 aromatic heterocycles. The maximum atomic E-state index is 5.90. The molecule has 0 saturated heterocycles. The largest absolute Gasteiger partial charge is 0.374 e. The molecule has 0 aliphatic rings. The second-order valence-corrected chi connectivity index (χ2v) is 7.04. The fourth-order valence-corrected chi connectivity index (χ4v) is 2.49. The first-order chi connectivity index (χ1) is 12.0. The molecule has 1 rings (SSSR count). The van der Waals surface area contributed by atoms with E-state index in [9.17, 15) is 0 Å². The summed E-state index contributed by atoms with van der Waals surface area (Å²) >= 11 is 0. The summed E-state index contributed by atoms with van der Waals surface area (Å²) in [6.07, 6.45) is 8.97. The van der Waals surface area contributed by atoms with Gasteiger partial charge in [-0.15, -0.1) is 0 Å². The molecule has 1 aromatic carbocycles. The predicted molar refractivity (Wildman–Crippen MR) is 105 cm³/mol. The Balaban J connectivity index is 2.15. The molecule has 0 amide bonds. The quantitative estimate of drug-likeness (QED) is 0.253. The van der Waals surface area contributed by atoms with Crippen LogP contribution in [0.2, 0.25) is 0 Å². The van der Waals surface area contributed by atoms with Gasteiger partial charge in [-0.2, -0.15) is 0 Å². The molecule has 0 heterocycles. The Morgan fingerprint density at radius 1 is 0.880 bits per heavy atom. The van der Waals surface area contributed by atoms with Crippen LogP contribution < -0.4 is 0 Å². The van der Waals surface area contributed by atoms with Gasteiger partial charge in [-0.1, -0.05) is 42.5 Å².